The number of β-amino-alcohol motifs (C(OH)–C–C–N with tert-alkyl or cyclic N) is 1. The van der Waals surface area contributed by atoms with E-state index in [0.29, 0.717) is 18.5 Å². The second-order valence-electron chi connectivity index (χ2n) is 6.67. The lowest BCUT2D eigenvalue weighted by atomic mass is 9.97. The zero-order valence-electron chi connectivity index (χ0n) is 13.4. The van der Waals surface area contributed by atoms with Crippen molar-refractivity contribution in [3.05, 3.63) is 0 Å². The van der Waals surface area contributed by atoms with Crippen LogP contribution in [0.2, 0.25) is 0 Å². The van der Waals surface area contributed by atoms with E-state index in [0.717, 1.165) is 39.0 Å². The molecule has 0 aromatic heterocycles. The lowest BCUT2D eigenvalue weighted by Gasteiger charge is -2.31. The number of piperidine rings is 1. The van der Waals surface area contributed by atoms with Gasteiger partial charge in [0.05, 0.1) is 13.2 Å². The van der Waals surface area contributed by atoms with E-state index >= 15 is 0 Å². The standard InChI is InChI=1S/C16H31N3O2/c1-18(15-4-2-3-5-15)13-16(21)17-12-14-6-8-19(9-7-14)10-11-20/h14-15,20H,2-13H2,1H3,(H,17,21). The molecule has 2 rings (SSSR count). The van der Waals surface area contributed by atoms with E-state index < -0.39 is 0 Å². The van der Waals surface area contributed by atoms with Crippen molar-refractivity contribution in [1.29, 1.82) is 0 Å². The fourth-order valence-electron chi connectivity index (χ4n) is 3.57. The Hall–Kier alpha value is -0.650. The van der Waals surface area contributed by atoms with Crippen molar-refractivity contribution in [2.24, 2.45) is 5.92 Å². The summed E-state index contributed by atoms with van der Waals surface area (Å²) < 4.78 is 0. The van der Waals surface area contributed by atoms with E-state index in [1.54, 1.807) is 0 Å². The summed E-state index contributed by atoms with van der Waals surface area (Å²) in [6, 6.07) is 0.609. The van der Waals surface area contributed by atoms with Crippen LogP contribution in [0.1, 0.15) is 38.5 Å². The highest BCUT2D eigenvalue weighted by Gasteiger charge is 2.22. The van der Waals surface area contributed by atoms with Crippen LogP contribution in [-0.2, 0) is 4.79 Å². The number of hydrogen-bond acceptors (Lipinski definition) is 4. The van der Waals surface area contributed by atoms with Gasteiger partial charge in [0, 0.05) is 19.1 Å². The Morgan fingerprint density at radius 1 is 1.24 bits per heavy atom. The van der Waals surface area contributed by atoms with Crippen LogP contribution in [0.5, 0.6) is 0 Å². The molecule has 0 unspecified atom stereocenters. The van der Waals surface area contributed by atoms with E-state index in [-0.39, 0.29) is 12.5 Å². The van der Waals surface area contributed by atoms with Crippen LogP contribution in [0.25, 0.3) is 0 Å². The molecule has 0 radical (unpaired) electrons. The predicted octanol–water partition coefficient (Wildman–Crippen LogP) is 0.681. The van der Waals surface area contributed by atoms with E-state index in [9.17, 15) is 4.79 Å². The minimum absolute atomic E-state index is 0.169. The van der Waals surface area contributed by atoms with Gasteiger partial charge in [-0.2, -0.15) is 0 Å². The van der Waals surface area contributed by atoms with Crippen molar-refractivity contribution in [2.75, 3.05) is 46.4 Å². The van der Waals surface area contributed by atoms with Gasteiger partial charge < -0.3 is 15.3 Å². The molecule has 5 nitrogen and oxygen atoms in total. The van der Waals surface area contributed by atoms with Gasteiger partial charge in [-0.25, -0.2) is 0 Å². The maximum atomic E-state index is 12.0. The highest BCUT2D eigenvalue weighted by Crippen LogP contribution is 2.22. The highest BCUT2D eigenvalue weighted by molar-refractivity contribution is 5.78. The van der Waals surface area contributed by atoms with Crippen LogP contribution in [-0.4, -0.2) is 73.2 Å². The molecule has 21 heavy (non-hydrogen) atoms. The Labute approximate surface area is 128 Å². The van der Waals surface area contributed by atoms with Crippen molar-refractivity contribution in [1.82, 2.24) is 15.1 Å². The molecule has 5 heteroatoms. The molecule has 0 bridgehead atoms. The second-order valence-corrected chi connectivity index (χ2v) is 6.67. The SMILES string of the molecule is CN(CC(=O)NCC1CCN(CCO)CC1)C1CCCC1. The van der Waals surface area contributed by atoms with Crippen LogP contribution in [0, 0.1) is 5.92 Å². The minimum atomic E-state index is 0.169. The Bertz CT molecular complexity index is 311. The molecule has 2 aliphatic rings. The number of hydrogen-bond donors (Lipinski definition) is 2. The van der Waals surface area contributed by atoms with E-state index in [1.807, 2.05) is 0 Å². The van der Waals surface area contributed by atoms with Crippen molar-refractivity contribution in [3.63, 3.8) is 0 Å². The average molecular weight is 297 g/mol. The zero-order valence-corrected chi connectivity index (χ0v) is 13.4. The fourth-order valence-corrected chi connectivity index (χ4v) is 3.57. The lowest BCUT2D eigenvalue weighted by Crippen LogP contribution is -2.43. The summed E-state index contributed by atoms with van der Waals surface area (Å²) in [5.74, 6) is 0.767. The van der Waals surface area contributed by atoms with E-state index in [1.165, 1.54) is 25.7 Å². The van der Waals surface area contributed by atoms with Crippen LogP contribution < -0.4 is 5.32 Å². The Balaban J connectivity index is 1.58. The molecule has 1 saturated heterocycles. The normalized spacial score (nSPS) is 22.0. The van der Waals surface area contributed by atoms with Gasteiger partial charge in [0.25, 0.3) is 0 Å². The quantitative estimate of drug-likeness (QED) is 0.726. The zero-order chi connectivity index (χ0) is 15.1. The van der Waals surface area contributed by atoms with Crippen LogP contribution in [0.4, 0.5) is 0 Å². The smallest absolute Gasteiger partial charge is 0.234 e. The molecule has 0 aromatic carbocycles. The molecule has 0 spiro atoms. The molecule has 1 amide bonds. The number of aliphatic hydroxyl groups is 1. The molecular formula is C16H31N3O2. The van der Waals surface area contributed by atoms with E-state index in [2.05, 4.69) is 22.2 Å². The first-order chi connectivity index (χ1) is 10.2. The van der Waals surface area contributed by atoms with Crippen LogP contribution in [0.15, 0.2) is 0 Å². The predicted molar refractivity (Wildman–Crippen MR) is 84.1 cm³/mol. The molecule has 1 heterocycles. The summed E-state index contributed by atoms with van der Waals surface area (Å²) in [4.78, 5) is 16.5. The third-order valence-corrected chi connectivity index (χ3v) is 5.05. The number of likely N-dealkylation sites (tertiary alicyclic amines) is 1. The largest absolute Gasteiger partial charge is 0.395 e. The topological polar surface area (TPSA) is 55.8 Å². The first-order valence-electron chi connectivity index (χ1n) is 8.49. The molecular weight excluding hydrogens is 266 g/mol. The molecule has 1 aliphatic heterocycles. The van der Waals surface area contributed by atoms with Crippen LogP contribution in [0.3, 0.4) is 0 Å². The summed E-state index contributed by atoms with van der Waals surface area (Å²) in [6.07, 6.45) is 7.35. The Kier molecular flexibility index (Phi) is 6.93. The van der Waals surface area contributed by atoms with Gasteiger partial charge in [-0.1, -0.05) is 12.8 Å². The molecule has 1 aliphatic carbocycles. The van der Waals surface area contributed by atoms with Crippen LogP contribution >= 0.6 is 0 Å². The van der Waals surface area contributed by atoms with Gasteiger partial charge in [-0.3, -0.25) is 9.69 Å². The number of carbonyl (C=O) groups is 1. The maximum absolute atomic E-state index is 12.0. The molecule has 0 aromatic rings. The van der Waals surface area contributed by atoms with E-state index in [4.69, 9.17) is 5.11 Å². The number of aliphatic hydroxyl groups excluding tert-OH is 1. The van der Waals surface area contributed by atoms with Gasteiger partial charge in [0.1, 0.15) is 0 Å². The maximum Gasteiger partial charge on any atom is 0.234 e. The number of carbonyl (C=O) groups excluding carboxylic acids is 1. The van der Waals surface area contributed by atoms with Gasteiger partial charge in [-0.15, -0.1) is 0 Å². The number of amides is 1. The number of likely N-dealkylation sites (N-methyl/N-ethyl adjacent to an activating group) is 1. The summed E-state index contributed by atoms with van der Waals surface area (Å²) in [5.41, 5.74) is 0. The fraction of sp³-hybridized carbons (Fsp3) is 0.938. The molecule has 2 fully saturated rings. The van der Waals surface area contributed by atoms with Crippen molar-refractivity contribution in [3.8, 4) is 0 Å². The number of nitrogens with zero attached hydrogens (tertiary/aromatic N) is 2. The summed E-state index contributed by atoms with van der Waals surface area (Å²) >= 11 is 0. The number of rotatable bonds is 7. The van der Waals surface area contributed by atoms with Crippen molar-refractivity contribution < 1.29 is 9.90 Å². The Morgan fingerprint density at radius 2 is 1.90 bits per heavy atom. The third-order valence-electron chi connectivity index (χ3n) is 5.05. The minimum Gasteiger partial charge on any atom is -0.395 e. The molecule has 0 atom stereocenters. The Morgan fingerprint density at radius 3 is 2.52 bits per heavy atom. The van der Waals surface area contributed by atoms with Gasteiger partial charge >= 0.3 is 0 Å². The molecule has 122 valence electrons. The van der Waals surface area contributed by atoms with Gasteiger partial charge in [0.2, 0.25) is 5.91 Å². The highest BCUT2D eigenvalue weighted by atomic mass is 16.3. The molecule has 1 saturated carbocycles. The third kappa shape index (κ3) is 5.57. The van der Waals surface area contributed by atoms with Crippen molar-refractivity contribution in [2.45, 2.75) is 44.6 Å². The average Bonchev–Trinajstić information content (AvgIpc) is 3.01. The monoisotopic (exact) mass is 297 g/mol. The summed E-state index contributed by atoms with van der Waals surface area (Å²) in [5, 5.41) is 12.0. The van der Waals surface area contributed by atoms with Gasteiger partial charge in [-0.05, 0) is 51.7 Å². The second kappa shape index (κ2) is 8.71. The summed E-state index contributed by atoms with van der Waals surface area (Å²) in [6.45, 7) is 4.46. The lowest BCUT2D eigenvalue weighted by molar-refractivity contribution is -0.122. The first-order valence-corrected chi connectivity index (χ1v) is 8.49. The summed E-state index contributed by atoms with van der Waals surface area (Å²) in [7, 11) is 2.07. The van der Waals surface area contributed by atoms with Gasteiger partial charge in [0.15, 0.2) is 0 Å². The molecule has 2 N–H and O–H groups in total. The first kappa shape index (κ1) is 16.7. The van der Waals surface area contributed by atoms with Crippen molar-refractivity contribution >= 4 is 5.91 Å². The number of nitrogens with one attached hydrogen (secondary N) is 1.